The van der Waals surface area contributed by atoms with Crippen LogP contribution in [0.15, 0.2) is 0 Å². The summed E-state index contributed by atoms with van der Waals surface area (Å²) in [6, 6.07) is -0.446. The minimum Gasteiger partial charge on any atom is -0.444 e. The van der Waals surface area contributed by atoms with Crippen LogP contribution in [0.1, 0.15) is 72.3 Å². The zero-order chi connectivity index (χ0) is 22.6. The Balaban J connectivity index is 1.77. The van der Waals surface area contributed by atoms with E-state index in [1.807, 2.05) is 41.5 Å². The van der Waals surface area contributed by atoms with Crippen molar-refractivity contribution in [3.8, 4) is 0 Å². The van der Waals surface area contributed by atoms with Crippen molar-refractivity contribution in [3.63, 3.8) is 0 Å². The van der Waals surface area contributed by atoms with Crippen LogP contribution in [0.4, 0.5) is 9.18 Å². The molecule has 7 nitrogen and oxygen atoms in total. The van der Waals surface area contributed by atoms with E-state index in [1.54, 1.807) is 25.5 Å². The zero-order valence-electron chi connectivity index (χ0n) is 19.7. The van der Waals surface area contributed by atoms with E-state index < -0.39 is 42.2 Å². The molecule has 2 fully saturated rings. The molecule has 0 radical (unpaired) electrons. The minimum atomic E-state index is -1.24. The van der Waals surface area contributed by atoms with Crippen molar-refractivity contribution < 1.29 is 23.2 Å². The molecule has 0 spiro atoms. The molecular weight excluding hydrogens is 388 g/mol. The predicted molar refractivity (Wildman–Crippen MR) is 114 cm³/mol. The molecule has 0 saturated carbocycles. The Morgan fingerprint density at radius 3 is 2.27 bits per heavy atom. The summed E-state index contributed by atoms with van der Waals surface area (Å²) in [6.07, 6.45) is -1.25. The molecule has 168 valence electrons. The number of aromatic nitrogens is 2. The summed E-state index contributed by atoms with van der Waals surface area (Å²) in [5, 5.41) is 4.64. The van der Waals surface area contributed by atoms with Crippen molar-refractivity contribution >= 4 is 18.7 Å². The molecule has 9 heteroatoms. The predicted octanol–water partition coefficient (Wildman–Crippen LogP) is 3.32. The second-order valence-electron chi connectivity index (χ2n) is 10.4. The van der Waals surface area contributed by atoms with Crippen molar-refractivity contribution in [3.05, 3.63) is 11.4 Å². The standard InChI is InChI=1S/C21H35BFN3O4/c1-13-17(22-29-20(6,7)21(8,9)30-22)14(2)26(24-13)16-10-11-25(12-15(16)23)18(27)28-19(3,4)5/h15-16H,10-12H2,1-9H3. The Morgan fingerprint density at radius 1 is 1.20 bits per heavy atom. The normalized spacial score (nSPS) is 26.2. The lowest BCUT2D eigenvalue weighted by Gasteiger charge is -2.36. The largest absolute Gasteiger partial charge is 0.498 e. The molecular formula is C21H35BFN3O4. The van der Waals surface area contributed by atoms with Crippen LogP contribution < -0.4 is 5.46 Å². The molecule has 1 aromatic heterocycles. The van der Waals surface area contributed by atoms with Crippen molar-refractivity contribution in [2.75, 3.05) is 13.1 Å². The first-order valence-electron chi connectivity index (χ1n) is 10.7. The highest BCUT2D eigenvalue weighted by Crippen LogP contribution is 2.37. The third-order valence-corrected chi connectivity index (χ3v) is 6.34. The Bertz CT molecular complexity index is 802. The van der Waals surface area contributed by atoms with Crippen molar-refractivity contribution in [1.29, 1.82) is 0 Å². The molecule has 0 bridgehead atoms. The molecule has 1 amide bonds. The molecule has 2 aliphatic heterocycles. The van der Waals surface area contributed by atoms with Crippen LogP contribution in [0.2, 0.25) is 0 Å². The molecule has 2 unspecified atom stereocenters. The molecule has 0 N–H and O–H groups in total. The van der Waals surface area contributed by atoms with Gasteiger partial charge in [-0.3, -0.25) is 4.68 Å². The Kier molecular flexibility index (Phi) is 5.78. The van der Waals surface area contributed by atoms with Gasteiger partial charge in [-0.1, -0.05) is 0 Å². The number of alkyl halides is 1. The minimum absolute atomic E-state index is 0.0102. The highest BCUT2D eigenvalue weighted by Gasteiger charge is 2.53. The van der Waals surface area contributed by atoms with Gasteiger partial charge in [-0.25, -0.2) is 9.18 Å². The zero-order valence-corrected chi connectivity index (χ0v) is 19.7. The second-order valence-corrected chi connectivity index (χ2v) is 10.4. The maximum absolute atomic E-state index is 15.1. The maximum Gasteiger partial charge on any atom is 0.498 e. The summed E-state index contributed by atoms with van der Waals surface area (Å²) >= 11 is 0. The van der Waals surface area contributed by atoms with E-state index in [2.05, 4.69) is 5.10 Å². The van der Waals surface area contributed by atoms with Gasteiger partial charge in [-0.15, -0.1) is 0 Å². The van der Waals surface area contributed by atoms with Crippen LogP contribution in [-0.4, -0.2) is 64.0 Å². The summed E-state index contributed by atoms with van der Waals surface area (Å²) in [5.74, 6) is 0. The molecule has 2 aliphatic rings. The molecule has 0 aliphatic carbocycles. The fourth-order valence-electron chi connectivity index (χ4n) is 3.96. The topological polar surface area (TPSA) is 65.8 Å². The van der Waals surface area contributed by atoms with E-state index in [0.717, 1.165) is 16.9 Å². The highest BCUT2D eigenvalue weighted by atomic mass is 19.1. The summed E-state index contributed by atoms with van der Waals surface area (Å²) in [4.78, 5) is 13.7. The summed E-state index contributed by atoms with van der Waals surface area (Å²) < 4.78 is 34.7. The molecule has 3 heterocycles. The SMILES string of the molecule is Cc1nn(C2CCN(C(=O)OC(C)(C)C)CC2F)c(C)c1B1OC(C)(C)C(C)(C)O1. The molecule has 3 rings (SSSR count). The Morgan fingerprint density at radius 2 is 1.77 bits per heavy atom. The Labute approximate surface area is 179 Å². The van der Waals surface area contributed by atoms with Crippen LogP contribution in [0.25, 0.3) is 0 Å². The highest BCUT2D eigenvalue weighted by molar-refractivity contribution is 6.63. The summed E-state index contributed by atoms with van der Waals surface area (Å²) in [7, 11) is -0.538. The van der Waals surface area contributed by atoms with Gasteiger partial charge < -0.3 is 18.9 Å². The molecule has 2 atom stereocenters. The number of ether oxygens (including phenoxy) is 1. The number of hydrogen-bond donors (Lipinski definition) is 0. The van der Waals surface area contributed by atoms with Crippen molar-refractivity contribution in [2.24, 2.45) is 0 Å². The number of hydrogen-bond acceptors (Lipinski definition) is 5. The lowest BCUT2D eigenvalue weighted by atomic mass is 9.77. The molecule has 0 aromatic carbocycles. The van der Waals surface area contributed by atoms with Gasteiger partial charge in [0.15, 0.2) is 0 Å². The molecule has 30 heavy (non-hydrogen) atoms. The van der Waals surface area contributed by atoms with E-state index >= 15 is 4.39 Å². The van der Waals surface area contributed by atoms with Gasteiger partial charge in [0.2, 0.25) is 0 Å². The number of carbonyl (C=O) groups excluding carboxylic acids is 1. The summed E-state index contributed by atoms with van der Waals surface area (Å²) in [5.41, 5.74) is 0.945. The molecule has 2 saturated heterocycles. The number of amides is 1. The number of halogens is 1. The number of piperidine rings is 1. The van der Waals surface area contributed by atoms with E-state index in [4.69, 9.17) is 14.0 Å². The maximum atomic E-state index is 15.1. The first-order chi connectivity index (χ1) is 13.6. The van der Waals surface area contributed by atoms with Gasteiger partial charge in [0.25, 0.3) is 0 Å². The molecule has 1 aromatic rings. The second kappa shape index (κ2) is 7.52. The third kappa shape index (κ3) is 4.24. The first-order valence-corrected chi connectivity index (χ1v) is 10.7. The van der Waals surface area contributed by atoms with Gasteiger partial charge in [0, 0.05) is 17.7 Å². The van der Waals surface area contributed by atoms with Gasteiger partial charge in [0.05, 0.1) is 29.5 Å². The van der Waals surface area contributed by atoms with E-state index in [9.17, 15) is 4.79 Å². The fourth-order valence-corrected chi connectivity index (χ4v) is 3.96. The summed E-state index contributed by atoms with van der Waals surface area (Å²) in [6.45, 7) is 17.7. The van der Waals surface area contributed by atoms with Gasteiger partial charge in [-0.2, -0.15) is 5.10 Å². The van der Waals surface area contributed by atoms with Gasteiger partial charge >= 0.3 is 13.2 Å². The average molecular weight is 423 g/mol. The van der Waals surface area contributed by atoms with Gasteiger partial charge in [-0.05, 0) is 68.7 Å². The Hall–Kier alpha value is -1.61. The fraction of sp³-hybridized carbons (Fsp3) is 0.810. The van der Waals surface area contributed by atoms with Crippen molar-refractivity contribution in [1.82, 2.24) is 14.7 Å². The quantitative estimate of drug-likeness (QED) is 0.683. The smallest absolute Gasteiger partial charge is 0.444 e. The first kappa shape index (κ1) is 23.1. The lowest BCUT2D eigenvalue weighted by molar-refractivity contribution is 0.00559. The van der Waals surface area contributed by atoms with Crippen LogP contribution >= 0.6 is 0 Å². The van der Waals surface area contributed by atoms with Crippen molar-refractivity contribution in [2.45, 2.75) is 97.8 Å². The third-order valence-electron chi connectivity index (χ3n) is 6.34. The lowest BCUT2D eigenvalue weighted by Crippen LogP contribution is -2.47. The van der Waals surface area contributed by atoms with Crippen LogP contribution in [0, 0.1) is 13.8 Å². The van der Waals surface area contributed by atoms with Crippen LogP contribution in [-0.2, 0) is 14.0 Å². The van der Waals surface area contributed by atoms with E-state index in [-0.39, 0.29) is 6.54 Å². The average Bonchev–Trinajstić information content (AvgIpc) is 2.97. The monoisotopic (exact) mass is 423 g/mol. The number of rotatable bonds is 2. The van der Waals surface area contributed by atoms with Crippen LogP contribution in [0.3, 0.4) is 0 Å². The number of carbonyl (C=O) groups is 1. The van der Waals surface area contributed by atoms with E-state index in [0.29, 0.717) is 13.0 Å². The van der Waals surface area contributed by atoms with Gasteiger partial charge in [0.1, 0.15) is 11.8 Å². The van der Waals surface area contributed by atoms with E-state index in [1.165, 1.54) is 4.90 Å². The number of aryl methyl sites for hydroxylation is 1. The number of nitrogens with zero attached hydrogens (tertiary/aromatic N) is 3. The van der Waals surface area contributed by atoms with Crippen LogP contribution in [0.5, 0.6) is 0 Å². The number of likely N-dealkylation sites (tertiary alicyclic amines) is 1.